The van der Waals surface area contributed by atoms with Crippen molar-refractivity contribution in [3.63, 3.8) is 0 Å². The summed E-state index contributed by atoms with van der Waals surface area (Å²) in [6.07, 6.45) is 1.83. The van der Waals surface area contributed by atoms with E-state index in [1.54, 1.807) is 0 Å². The summed E-state index contributed by atoms with van der Waals surface area (Å²) in [5.41, 5.74) is 1.25. The Hall–Kier alpha value is -1.84. The van der Waals surface area contributed by atoms with Gasteiger partial charge in [-0.1, -0.05) is 30.3 Å². The molecule has 1 saturated heterocycles. The quantitative estimate of drug-likeness (QED) is 0.247. The molecule has 0 spiro atoms. The summed E-state index contributed by atoms with van der Waals surface area (Å²) in [5.74, 6) is 1.17. The molecule has 0 radical (unpaired) electrons. The lowest BCUT2D eigenvalue weighted by Gasteiger charge is -2.16. The van der Waals surface area contributed by atoms with Crippen molar-refractivity contribution in [2.45, 2.75) is 46.1 Å². The van der Waals surface area contributed by atoms with Gasteiger partial charge >= 0.3 is 0 Å². The molecule has 0 aromatic heterocycles. The average Bonchev–Trinajstić information content (AvgIpc) is 3.04. The second-order valence-electron chi connectivity index (χ2n) is 7.76. The number of carbonyl (C=O) groups excluding carboxylic acids is 2. The molecule has 0 aliphatic carbocycles. The van der Waals surface area contributed by atoms with Crippen molar-refractivity contribution < 1.29 is 9.59 Å². The molecule has 1 atom stereocenters. The highest BCUT2D eigenvalue weighted by Gasteiger charge is 2.29. The number of hydrogen-bond acceptors (Lipinski definition) is 3. The predicted molar refractivity (Wildman–Crippen MR) is 132 cm³/mol. The first-order valence-electron chi connectivity index (χ1n) is 10.6. The van der Waals surface area contributed by atoms with Crippen LogP contribution in [0.25, 0.3) is 0 Å². The fourth-order valence-electron chi connectivity index (χ4n) is 3.35. The van der Waals surface area contributed by atoms with Gasteiger partial charge < -0.3 is 20.9 Å². The van der Waals surface area contributed by atoms with Gasteiger partial charge in [0.1, 0.15) is 0 Å². The van der Waals surface area contributed by atoms with E-state index >= 15 is 0 Å². The maximum Gasteiger partial charge on any atom is 0.223 e. The second-order valence-corrected chi connectivity index (χ2v) is 7.76. The molecule has 1 aliphatic heterocycles. The molecule has 7 nitrogen and oxygen atoms in total. The highest BCUT2D eigenvalue weighted by Crippen LogP contribution is 2.18. The van der Waals surface area contributed by atoms with E-state index in [2.05, 4.69) is 33.1 Å². The Morgan fingerprint density at radius 3 is 2.63 bits per heavy atom. The molecule has 8 heteroatoms. The van der Waals surface area contributed by atoms with Crippen LogP contribution in [-0.2, 0) is 16.0 Å². The Morgan fingerprint density at radius 1 is 1.23 bits per heavy atom. The first-order chi connectivity index (χ1) is 14.0. The van der Waals surface area contributed by atoms with Crippen LogP contribution in [0.5, 0.6) is 0 Å². The van der Waals surface area contributed by atoms with Crippen LogP contribution in [0, 0.1) is 5.92 Å². The number of rotatable bonds is 10. The Labute approximate surface area is 197 Å². The number of carbonyl (C=O) groups is 2. The largest absolute Gasteiger partial charge is 0.357 e. The minimum Gasteiger partial charge on any atom is -0.357 e. The zero-order valence-electron chi connectivity index (χ0n) is 18.3. The van der Waals surface area contributed by atoms with E-state index in [-0.39, 0.29) is 47.8 Å². The third-order valence-corrected chi connectivity index (χ3v) is 4.75. The van der Waals surface area contributed by atoms with Crippen molar-refractivity contribution in [2.75, 3.05) is 32.7 Å². The van der Waals surface area contributed by atoms with E-state index < -0.39 is 0 Å². The van der Waals surface area contributed by atoms with Crippen molar-refractivity contribution >= 4 is 41.8 Å². The number of hydrogen-bond donors (Lipinski definition) is 3. The van der Waals surface area contributed by atoms with E-state index in [1.807, 2.05) is 43.9 Å². The number of guanidine groups is 1. The number of nitrogens with one attached hydrogen (secondary N) is 3. The van der Waals surface area contributed by atoms with Crippen LogP contribution in [0.3, 0.4) is 0 Å². The molecule has 1 aliphatic rings. The van der Waals surface area contributed by atoms with Crippen molar-refractivity contribution in [3.8, 4) is 0 Å². The molecule has 1 heterocycles. The van der Waals surface area contributed by atoms with Gasteiger partial charge in [-0.15, -0.1) is 24.0 Å². The first-order valence-corrected chi connectivity index (χ1v) is 10.6. The number of amides is 2. The van der Waals surface area contributed by atoms with E-state index in [4.69, 9.17) is 0 Å². The highest BCUT2D eigenvalue weighted by atomic mass is 127. The maximum absolute atomic E-state index is 12.3. The zero-order valence-corrected chi connectivity index (χ0v) is 20.6. The summed E-state index contributed by atoms with van der Waals surface area (Å²) in [6, 6.07) is 10.4. The van der Waals surface area contributed by atoms with Gasteiger partial charge in [-0.3, -0.25) is 14.6 Å². The SMILES string of the molecule is CCNC(=NCC1CC(=O)N(CCc2ccccc2)C1)NCCC(=O)NC(C)C.I. The Bertz CT molecular complexity index is 681. The standard InChI is InChI=1S/C22H35N5O2.HI/c1-4-23-22(24-12-10-20(28)26-17(2)3)25-15-19-14-21(29)27(16-19)13-11-18-8-6-5-7-9-18;/h5-9,17,19H,4,10-16H2,1-3H3,(H,26,28)(H2,23,24,25);1H. The minimum atomic E-state index is 0. The van der Waals surface area contributed by atoms with Gasteiger partial charge in [-0.05, 0) is 32.8 Å². The van der Waals surface area contributed by atoms with Gasteiger partial charge in [-0.2, -0.15) is 0 Å². The lowest BCUT2D eigenvalue weighted by molar-refractivity contribution is -0.127. The monoisotopic (exact) mass is 529 g/mol. The molecule has 30 heavy (non-hydrogen) atoms. The molecule has 1 aromatic rings. The summed E-state index contributed by atoms with van der Waals surface area (Å²) in [5, 5.41) is 9.27. The van der Waals surface area contributed by atoms with Gasteiger partial charge in [-0.25, -0.2) is 0 Å². The maximum atomic E-state index is 12.3. The van der Waals surface area contributed by atoms with Crippen LogP contribution in [-0.4, -0.2) is 61.4 Å². The molecule has 168 valence electrons. The molecule has 0 bridgehead atoms. The lowest BCUT2D eigenvalue weighted by Crippen LogP contribution is -2.40. The van der Waals surface area contributed by atoms with Crippen LogP contribution in [0.1, 0.15) is 39.2 Å². The summed E-state index contributed by atoms with van der Waals surface area (Å²) in [4.78, 5) is 30.6. The number of halogens is 1. The zero-order chi connectivity index (χ0) is 21.1. The molecule has 2 rings (SSSR count). The molecule has 1 unspecified atom stereocenters. The van der Waals surface area contributed by atoms with E-state index in [0.29, 0.717) is 31.9 Å². The second kappa shape index (κ2) is 14.2. The van der Waals surface area contributed by atoms with Gasteiger partial charge in [0.2, 0.25) is 11.8 Å². The summed E-state index contributed by atoms with van der Waals surface area (Å²) >= 11 is 0. The number of aliphatic imine (C=N–C) groups is 1. The first kappa shape index (κ1) is 26.2. The van der Waals surface area contributed by atoms with E-state index in [1.165, 1.54) is 5.56 Å². The Kier molecular flexibility index (Phi) is 12.4. The van der Waals surface area contributed by atoms with Gasteiger partial charge in [0.15, 0.2) is 5.96 Å². The Balaban J connectivity index is 0.00000450. The Morgan fingerprint density at radius 2 is 1.97 bits per heavy atom. The predicted octanol–water partition coefficient (Wildman–Crippen LogP) is 2.17. The molecule has 1 fully saturated rings. The lowest BCUT2D eigenvalue weighted by atomic mass is 10.1. The fraction of sp³-hybridized carbons (Fsp3) is 0.591. The molecule has 3 N–H and O–H groups in total. The molecular weight excluding hydrogens is 493 g/mol. The van der Waals surface area contributed by atoms with Crippen molar-refractivity contribution in [3.05, 3.63) is 35.9 Å². The van der Waals surface area contributed by atoms with E-state index in [9.17, 15) is 9.59 Å². The number of likely N-dealkylation sites (tertiary alicyclic amines) is 1. The highest BCUT2D eigenvalue weighted by molar-refractivity contribution is 14.0. The molecule has 1 aromatic carbocycles. The minimum absolute atomic E-state index is 0. The third kappa shape index (κ3) is 9.77. The van der Waals surface area contributed by atoms with Crippen LogP contribution < -0.4 is 16.0 Å². The molecular formula is C22H36IN5O2. The van der Waals surface area contributed by atoms with Crippen molar-refractivity contribution in [1.82, 2.24) is 20.9 Å². The smallest absolute Gasteiger partial charge is 0.223 e. The fourth-order valence-corrected chi connectivity index (χ4v) is 3.35. The van der Waals surface area contributed by atoms with Crippen LogP contribution in [0.15, 0.2) is 35.3 Å². The van der Waals surface area contributed by atoms with Crippen LogP contribution in [0.4, 0.5) is 0 Å². The van der Waals surface area contributed by atoms with Gasteiger partial charge in [0.25, 0.3) is 0 Å². The van der Waals surface area contributed by atoms with Crippen molar-refractivity contribution in [1.29, 1.82) is 0 Å². The number of benzene rings is 1. The summed E-state index contributed by atoms with van der Waals surface area (Å²) in [7, 11) is 0. The molecule has 0 saturated carbocycles. The molecule has 2 amide bonds. The van der Waals surface area contributed by atoms with Crippen LogP contribution >= 0.6 is 24.0 Å². The summed E-state index contributed by atoms with van der Waals surface area (Å²) in [6.45, 7) is 9.28. The van der Waals surface area contributed by atoms with Gasteiger partial charge in [0, 0.05) is 57.5 Å². The normalized spacial score (nSPS) is 16.4. The third-order valence-electron chi connectivity index (χ3n) is 4.75. The topological polar surface area (TPSA) is 85.8 Å². The average molecular weight is 529 g/mol. The summed E-state index contributed by atoms with van der Waals surface area (Å²) < 4.78 is 0. The van der Waals surface area contributed by atoms with E-state index in [0.717, 1.165) is 26.1 Å². The number of nitrogens with zero attached hydrogens (tertiary/aromatic N) is 2. The van der Waals surface area contributed by atoms with Crippen LogP contribution in [0.2, 0.25) is 0 Å². The van der Waals surface area contributed by atoms with Crippen molar-refractivity contribution in [2.24, 2.45) is 10.9 Å². The van der Waals surface area contributed by atoms with Gasteiger partial charge in [0.05, 0.1) is 0 Å².